The molecule has 5 nitrogen and oxygen atoms in total. The largest absolute Gasteiger partial charge is 0.493 e. The first-order valence-electron chi connectivity index (χ1n) is 9.33. The topological polar surface area (TPSA) is 67.8 Å². The maximum Gasteiger partial charge on any atom is 0.335 e. The monoisotopic (exact) mass is 479 g/mol. The predicted molar refractivity (Wildman–Crippen MR) is 123 cm³/mol. The van der Waals surface area contributed by atoms with Gasteiger partial charge in [-0.25, -0.2) is 4.79 Å². The van der Waals surface area contributed by atoms with Crippen molar-refractivity contribution in [3.05, 3.63) is 91.9 Å². The highest BCUT2D eigenvalue weighted by Gasteiger charge is 2.13. The average Bonchev–Trinajstić information content (AvgIpc) is 2.74. The van der Waals surface area contributed by atoms with Gasteiger partial charge in [-0.15, -0.1) is 0 Å². The molecule has 2 N–H and O–H groups in total. The summed E-state index contributed by atoms with van der Waals surface area (Å²) >= 11 is 18.6. The third-order valence-corrected chi connectivity index (χ3v) is 5.40. The van der Waals surface area contributed by atoms with Crippen LogP contribution in [0.5, 0.6) is 11.5 Å². The molecule has 0 heterocycles. The molecular formula is C23H20Cl3NO4. The van der Waals surface area contributed by atoms with Crippen LogP contribution in [0.15, 0.2) is 54.6 Å². The van der Waals surface area contributed by atoms with Gasteiger partial charge in [-0.1, -0.05) is 53.0 Å². The van der Waals surface area contributed by atoms with Crippen molar-refractivity contribution in [3.63, 3.8) is 0 Å². The number of rotatable bonds is 9. The Morgan fingerprint density at radius 1 is 0.935 bits per heavy atom. The highest BCUT2D eigenvalue weighted by Crippen LogP contribution is 2.37. The number of carboxylic acid groups (broad SMARTS) is 1. The Labute approximate surface area is 195 Å². The molecule has 0 aliphatic carbocycles. The van der Waals surface area contributed by atoms with Gasteiger partial charge in [0, 0.05) is 28.7 Å². The van der Waals surface area contributed by atoms with Gasteiger partial charge in [0.05, 0.1) is 17.7 Å². The van der Waals surface area contributed by atoms with Gasteiger partial charge in [-0.2, -0.15) is 0 Å². The van der Waals surface area contributed by atoms with Gasteiger partial charge in [-0.05, 0) is 47.5 Å². The maximum absolute atomic E-state index is 10.9. The van der Waals surface area contributed by atoms with E-state index in [4.69, 9.17) is 49.4 Å². The second-order valence-corrected chi connectivity index (χ2v) is 7.99. The summed E-state index contributed by atoms with van der Waals surface area (Å²) in [5.41, 5.74) is 2.93. The molecule has 0 saturated carbocycles. The molecule has 3 aromatic rings. The van der Waals surface area contributed by atoms with E-state index < -0.39 is 5.97 Å². The molecule has 8 heteroatoms. The molecule has 0 amide bonds. The van der Waals surface area contributed by atoms with E-state index in [9.17, 15) is 4.79 Å². The molecule has 162 valence electrons. The highest BCUT2D eigenvalue weighted by atomic mass is 35.5. The van der Waals surface area contributed by atoms with E-state index >= 15 is 0 Å². The van der Waals surface area contributed by atoms with Crippen molar-refractivity contribution in [3.8, 4) is 11.5 Å². The molecule has 0 aromatic heterocycles. The fourth-order valence-corrected chi connectivity index (χ4v) is 3.67. The second-order valence-electron chi connectivity index (χ2n) is 6.74. The van der Waals surface area contributed by atoms with Crippen LogP contribution in [0.2, 0.25) is 15.1 Å². The van der Waals surface area contributed by atoms with E-state index in [0.717, 1.165) is 16.7 Å². The summed E-state index contributed by atoms with van der Waals surface area (Å²) in [5, 5.41) is 13.8. The summed E-state index contributed by atoms with van der Waals surface area (Å²) in [4.78, 5) is 10.9. The van der Waals surface area contributed by atoms with Crippen LogP contribution in [0.1, 0.15) is 27.0 Å². The van der Waals surface area contributed by atoms with Crippen molar-refractivity contribution in [1.82, 2.24) is 5.32 Å². The first-order valence-corrected chi connectivity index (χ1v) is 10.5. The van der Waals surface area contributed by atoms with E-state index in [-0.39, 0.29) is 12.2 Å². The van der Waals surface area contributed by atoms with Crippen molar-refractivity contribution >= 4 is 40.8 Å². The number of aromatic carboxylic acids is 1. The molecule has 0 unspecified atom stereocenters. The molecule has 3 rings (SSSR count). The van der Waals surface area contributed by atoms with E-state index in [1.165, 1.54) is 0 Å². The first kappa shape index (κ1) is 23.2. The lowest BCUT2D eigenvalue weighted by Crippen LogP contribution is -2.13. The zero-order valence-electron chi connectivity index (χ0n) is 16.6. The van der Waals surface area contributed by atoms with Gasteiger partial charge in [0.25, 0.3) is 0 Å². The summed E-state index contributed by atoms with van der Waals surface area (Å²) in [6.07, 6.45) is 0. The van der Waals surface area contributed by atoms with Gasteiger partial charge in [-0.3, -0.25) is 0 Å². The fourth-order valence-electron chi connectivity index (χ4n) is 2.92. The summed E-state index contributed by atoms with van der Waals surface area (Å²) in [6.45, 7) is 1.34. The molecule has 0 saturated heterocycles. The molecular weight excluding hydrogens is 461 g/mol. The van der Waals surface area contributed by atoms with Crippen LogP contribution in [0.4, 0.5) is 0 Å². The van der Waals surface area contributed by atoms with Crippen LogP contribution in [0, 0.1) is 0 Å². The number of hydrogen-bond donors (Lipinski definition) is 2. The smallest absolute Gasteiger partial charge is 0.335 e. The maximum atomic E-state index is 10.9. The lowest BCUT2D eigenvalue weighted by atomic mass is 10.1. The number of hydrogen-bond acceptors (Lipinski definition) is 4. The molecule has 0 atom stereocenters. The van der Waals surface area contributed by atoms with Crippen LogP contribution < -0.4 is 14.8 Å². The predicted octanol–water partition coefficient (Wildman–Crippen LogP) is 6.22. The van der Waals surface area contributed by atoms with Crippen LogP contribution in [-0.2, 0) is 19.7 Å². The van der Waals surface area contributed by atoms with Gasteiger partial charge in [0.15, 0.2) is 11.5 Å². The van der Waals surface area contributed by atoms with Gasteiger partial charge in [0.1, 0.15) is 6.61 Å². The Kier molecular flexibility index (Phi) is 8.04. The van der Waals surface area contributed by atoms with Gasteiger partial charge < -0.3 is 19.9 Å². The summed E-state index contributed by atoms with van der Waals surface area (Å²) < 4.78 is 11.3. The van der Waals surface area contributed by atoms with E-state index in [0.29, 0.717) is 39.7 Å². The number of ether oxygens (including phenoxy) is 2. The average molecular weight is 481 g/mol. The van der Waals surface area contributed by atoms with Crippen molar-refractivity contribution in [1.29, 1.82) is 0 Å². The minimum atomic E-state index is -0.943. The van der Waals surface area contributed by atoms with Crippen molar-refractivity contribution in [2.45, 2.75) is 19.7 Å². The third kappa shape index (κ3) is 6.28. The Bertz CT molecular complexity index is 1070. The second kappa shape index (κ2) is 10.7. The van der Waals surface area contributed by atoms with Crippen LogP contribution in [0.25, 0.3) is 0 Å². The van der Waals surface area contributed by atoms with E-state index in [1.54, 1.807) is 49.6 Å². The first-order chi connectivity index (χ1) is 14.9. The number of benzene rings is 3. The number of nitrogens with one attached hydrogen (secondary N) is 1. The molecule has 31 heavy (non-hydrogen) atoms. The summed E-state index contributed by atoms with van der Waals surface area (Å²) in [7, 11) is 1.55. The van der Waals surface area contributed by atoms with Gasteiger partial charge >= 0.3 is 5.97 Å². The Balaban J connectivity index is 1.63. The van der Waals surface area contributed by atoms with E-state index in [1.807, 2.05) is 12.1 Å². The summed E-state index contributed by atoms with van der Waals surface area (Å²) in [6, 6.07) is 15.6. The molecule has 0 bridgehead atoms. The highest BCUT2D eigenvalue weighted by molar-refractivity contribution is 6.35. The Morgan fingerprint density at radius 3 is 2.29 bits per heavy atom. The quantitative estimate of drug-likeness (QED) is 0.380. The number of carboxylic acids is 1. The lowest BCUT2D eigenvalue weighted by molar-refractivity contribution is 0.0697. The number of methoxy groups -OCH3 is 1. The molecule has 3 aromatic carbocycles. The van der Waals surface area contributed by atoms with Crippen LogP contribution in [-0.4, -0.2) is 18.2 Å². The Hall–Kier alpha value is -2.44. The normalized spacial score (nSPS) is 10.7. The van der Waals surface area contributed by atoms with E-state index in [2.05, 4.69) is 5.32 Å². The van der Waals surface area contributed by atoms with Crippen molar-refractivity contribution < 1.29 is 19.4 Å². The number of halogens is 3. The minimum Gasteiger partial charge on any atom is -0.493 e. The zero-order valence-corrected chi connectivity index (χ0v) is 18.9. The van der Waals surface area contributed by atoms with Crippen molar-refractivity contribution in [2.75, 3.05) is 7.11 Å². The Morgan fingerprint density at radius 2 is 1.65 bits per heavy atom. The summed E-state index contributed by atoms with van der Waals surface area (Å²) in [5.74, 6) is 0.00489. The van der Waals surface area contributed by atoms with Gasteiger partial charge in [0.2, 0.25) is 0 Å². The SMILES string of the molecule is COc1cc(CNCc2ccc(C(=O)O)cc2)cc(Cl)c1OCc1ccc(Cl)cc1Cl. The molecule has 0 aliphatic rings. The van der Waals surface area contributed by atoms with Crippen LogP contribution >= 0.6 is 34.8 Å². The molecule has 0 fully saturated rings. The molecule has 0 aliphatic heterocycles. The van der Waals surface area contributed by atoms with Crippen molar-refractivity contribution in [2.24, 2.45) is 0 Å². The standard InChI is InChI=1S/C23H20Cl3NO4/c1-30-21-9-15(12-27-11-14-2-4-16(5-3-14)23(28)29)8-20(26)22(21)31-13-17-6-7-18(24)10-19(17)25/h2-10,27H,11-13H2,1H3,(H,28,29). The zero-order chi connectivity index (χ0) is 22.4. The minimum absolute atomic E-state index is 0.218. The van der Waals surface area contributed by atoms with Crippen LogP contribution in [0.3, 0.4) is 0 Å². The third-order valence-electron chi connectivity index (χ3n) is 4.54. The molecule has 0 radical (unpaired) electrons. The fraction of sp³-hybridized carbons (Fsp3) is 0.174. The lowest BCUT2D eigenvalue weighted by Gasteiger charge is -2.15. The number of carbonyl (C=O) groups is 1. The molecule has 0 spiro atoms.